The SMILES string of the molecule is NC(=O)C(O)CNC1CCCNCC1. The minimum atomic E-state index is -1.06. The minimum absolute atomic E-state index is 0.264. The molecule has 14 heavy (non-hydrogen) atoms. The van der Waals surface area contributed by atoms with Crippen molar-refractivity contribution >= 4 is 5.91 Å². The number of nitrogens with two attached hydrogens (primary N) is 1. The Morgan fingerprint density at radius 3 is 3.07 bits per heavy atom. The van der Waals surface area contributed by atoms with Gasteiger partial charge >= 0.3 is 0 Å². The first kappa shape index (κ1) is 11.4. The number of rotatable bonds is 4. The van der Waals surface area contributed by atoms with Crippen LogP contribution in [0.15, 0.2) is 0 Å². The smallest absolute Gasteiger partial charge is 0.247 e. The monoisotopic (exact) mass is 201 g/mol. The summed E-state index contributed by atoms with van der Waals surface area (Å²) in [6, 6.07) is 0.388. The standard InChI is InChI=1S/C9H19N3O2/c10-9(14)8(13)6-12-7-2-1-4-11-5-3-7/h7-8,11-13H,1-6H2,(H2,10,14). The van der Waals surface area contributed by atoms with Crippen molar-refractivity contribution in [1.29, 1.82) is 0 Å². The Morgan fingerprint density at radius 1 is 1.57 bits per heavy atom. The van der Waals surface area contributed by atoms with Crippen molar-refractivity contribution < 1.29 is 9.90 Å². The molecule has 5 nitrogen and oxygen atoms in total. The molecule has 1 saturated heterocycles. The molecule has 0 bridgehead atoms. The second kappa shape index (κ2) is 5.95. The van der Waals surface area contributed by atoms with Gasteiger partial charge in [0.25, 0.3) is 0 Å². The lowest BCUT2D eigenvalue weighted by atomic mass is 10.1. The number of carbonyl (C=O) groups is 1. The lowest BCUT2D eigenvalue weighted by molar-refractivity contribution is -0.125. The second-order valence-electron chi connectivity index (χ2n) is 3.70. The lowest BCUT2D eigenvalue weighted by Crippen LogP contribution is -2.42. The second-order valence-corrected chi connectivity index (χ2v) is 3.70. The third-order valence-electron chi connectivity index (χ3n) is 2.50. The summed E-state index contributed by atoms with van der Waals surface area (Å²) in [5.74, 6) is -0.663. The van der Waals surface area contributed by atoms with Crippen LogP contribution in [0.5, 0.6) is 0 Å². The number of hydrogen-bond acceptors (Lipinski definition) is 4. The fourth-order valence-electron chi connectivity index (χ4n) is 1.60. The summed E-state index contributed by atoms with van der Waals surface area (Å²) in [6.07, 6.45) is 2.18. The van der Waals surface area contributed by atoms with Crippen molar-refractivity contribution in [3.05, 3.63) is 0 Å². The first-order chi connectivity index (χ1) is 6.70. The van der Waals surface area contributed by atoms with E-state index in [1.54, 1.807) is 0 Å². The number of carbonyl (C=O) groups excluding carboxylic acids is 1. The first-order valence-electron chi connectivity index (χ1n) is 5.11. The molecular weight excluding hydrogens is 182 g/mol. The highest BCUT2D eigenvalue weighted by Gasteiger charge is 2.15. The highest BCUT2D eigenvalue weighted by Crippen LogP contribution is 2.04. The van der Waals surface area contributed by atoms with Crippen LogP contribution in [0.4, 0.5) is 0 Å². The van der Waals surface area contributed by atoms with Crippen molar-refractivity contribution in [3.8, 4) is 0 Å². The van der Waals surface area contributed by atoms with Gasteiger partial charge in [0.15, 0.2) is 0 Å². The fraction of sp³-hybridized carbons (Fsp3) is 0.889. The molecule has 1 aliphatic heterocycles. The van der Waals surface area contributed by atoms with Gasteiger partial charge in [-0.25, -0.2) is 0 Å². The molecule has 0 aromatic rings. The Bertz CT molecular complexity index is 179. The average Bonchev–Trinajstić information content (AvgIpc) is 2.42. The van der Waals surface area contributed by atoms with Crippen LogP contribution in [0, 0.1) is 0 Å². The Kier molecular flexibility index (Phi) is 4.86. The van der Waals surface area contributed by atoms with Gasteiger partial charge in [0.05, 0.1) is 0 Å². The van der Waals surface area contributed by atoms with E-state index in [-0.39, 0.29) is 6.54 Å². The van der Waals surface area contributed by atoms with Crippen molar-refractivity contribution in [2.24, 2.45) is 5.73 Å². The molecular formula is C9H19N3O2. The number of aliphatic hydroxyl groups excluding tert-OH is 1. The molecule has 0 aromatic heterocycles. The van der Waals surface area contributed by atoms with E-state index in [1.807, 2.05) is 0 Å². The summed E-state index contributed by atoms with van der Waals surface area (Å²) in [7, 11) is 0. The molecule has 0 spiro atoms. The summed E-state index contributed by atoms with van der Waals surface area (Å²) < 4.78 is 0. The van der Waals surface area contributed by atoms with Crippen LogP contribution < -0.4 is 16.4 Å². The molecule has 1 heterocycles. The molecule has 1 rings (SSSR count). The maximum absolute atomic E-state index is 10.6. The van der Waals surface area contributed by atoms with Gasteiger partial charge in [-0.05, 0) is 32.4 Å². The molecule has 1 aliphatic rings. The van der Waals surface area contributed by atoms with Gasteiger partial charge in [-0.3, -0.25) is 4.79 Å². The molecule has 2 atom stereocenters. The molecule has 2 unspecified atom stereocenters. The Balaban J connectivity index is 2.18. The third kappa shape index (κ3) is 4.04. The van der Waals surface area contributed by atoms with Gasteiger partial charge in [0, 0.05) is 12.6 Å². The minimum Gasteiger partial charge on any atom is -0.382 e. The Hall–Kier alpha value is -0.650. The Labute approximate surface area is 84.0 Å². The number of aliphatic hydroxyl groups is 1. The van der Waals surface area contributed by atoms with Gasteiger partial charge in [-0.15, -0.1) is 0 Å². The van der Waals surface area contributed by atoms with E-state index < -0.39 is 12.0 Å². The average molecular weight is 201 g/mol. The van der Waals surface area contributed by atoms with Crippen LogP contribution in [-0.4, -0.2) is 42.8 Å². The number of amides is 1. The van der Waals surface area contributed by atoms with Crippen molar-refractivity contribution in [2.45, 2.75) is 31.4 Å². The number of nitrogens with one attached hydrogen (secondary N) is 2. The van der Waals surface area contributed by atoms with E-state index in [0.29, 0.717) is 6.04 Å². The maximum Gasteiger partial charge on any atom is 0.247 e. The normalized spacial score (nSPS) is 25.4. The molecule has 0 aromatic carbocycles. The van der Waals surface area contributed by atoms with E-state index >= 15 is 0 Å². The maximum atomic E-state index is 10.6. The van der Waals surface area contributed by atoms with E-state index in [1.165, 1.54) is 0 Å². The summed E-state index contributed by atoms with van der Waals surface area (Å²) in [5.41, 5.74) is 4.94. The molecule has 0 aliphatic carbocycles. The summed E-state index contributed by atoms with van der Waals surface area (Å²) in [5, 5.41) is 15.6. The molecule has 5 N–H and O–H groups in total. The van der Waals surface area contributed by atoms with Crippen molar-refractivity contribution in [1.82, 2.24) is 10.6 Å². The van der Waals surface area contributed by atoms with Gasteiger partial charge in [0.2, 0.25) is 5.91 Å². The van der Waals surface area contributed by atoms with Crippen molar-refractivity contribution in [3.63, 3.8) is 0 Å². The topological polar surface area (TPSA) is 87.4 Å². The molecule has 1 fully saturated rings. The first-order valence-corrected chi connectivity index (χ1v) is 5.11. The van der Waals surface area contributed by atoms with Gasteiger partial charge in [-0.1, -0.05) is 0 Å². The van der Waals surface area contributed by atoms with Crippen LogP contribution >= 0.6 is 0 Å². The number of primary amides is 1. The van der Waals surface area contributed by atoms with Crippen LogP contribution in [0.2, 0.25) is 0 Å². The Morgan fingerprint density at radius 2 is 2.36 bits per heavy atom. The van der Waals surface area contributed by atoms with Gasteiger partial charge in [-0.2, -0.15) is 0 Å². The lowest BCUT2D eigenvalue weighted by Gasteiger charge is -2.17. The molecule has 5 heteroatoms. The van der Waals surface area contributed by atoms with E-state index in [9.17, 15) is 9.90 Å². The van der Waals surface area contributed by atoms with Gasteiger partial charge < -0.3 is 21.5 Å². The molecule has 1 amide bonds. The zero-order chi connectivity index (χ0) is 10.4. The summed E-state index contributed by atoms with van der Waals surface area (Å²) >= 11 is 0. The highest BCUT2D eigenvalue weighted by atomic mass is 16.3. The predicted molar refractivity (Wildman–Crippen MR) is 53.7 cm³/mol. The quantitative estimate of drug-likeness (QED) is 0.449. The molecule has 0 saturated carbocycles. The molecule has 82 valence electrons. The largest absolute Gasteiger partial charge is 0.382 e. The van der Waals surface area contributed by atoms with Crippen LogP contribution in [0.1, 0.15) is 19.3 Å². The zero-order valence-electron chi connectivity index (χ0n) is 8.33. The summed E-state index contributed by atoms with van der Waals surface area (Å²) in [4.78, 5) is 10.6. The fourth-order valence-corrected chi connectivity index (χ4v) is 1.60. The van der Waals surface area contributed by atoms with E-state index in [0.717, 1.165) is 32.4 Å². The molecule has 0 radical (unpaired) electrons. The highest BCUT2D eigenvalue weighted by molar-refractivity contribution is 5.78. The zero-order valence-corrected chi connectivity index (χ0v) is 8.33. The van der Waals surface area contributed by atoms with Crippen LogP contribution in [0.3, 0.4) is 0 Å². The number of hydrogen-bond donors (Lipinski definition) is 4. The van der Waals surface area contributed by atoms with E-state index in [2.05, 4.69) is 10.6 Å². The van der Waals surface area contributed by atoms with Gasteiger partial charge in [0.1, 0.15) is 6.10 Å². The van der Waals surface area contributed by atoms with Crippen LogP contribution in [-0.2, 0) is 4.79 Å². The van der Waals surface area contributed by atoms with Crippen molar-refractivity contribution in [2.75, 3.05) is 19.6 Å². The predicted octanol–water partition coefficient (Wildman–Crippen LogP) is -1.44. The van der Waals surface area contributed by atoms with Crippen LogP contribution in [0.25, 0.3) is 0 Å². The third-order valence-corrected chi connectivity index (χ3v) is 2.50. The van der Waals surface area contributed by atoms with E-state index in [4.69, 9.17) is 5.73 Å². The summed E-state index contributed by atoms with van der Waals surface area (Å²) in [6.45, 7) is 2.31.